The normalized spacial score (nSPS) is 23.8. The first kappa shape index (κ1) is 15.6. The molecule has 2 rings (SSSR count). The first-order valence-electron chi connectivity index (χ1n) is 7.03. The van der Waals surface area contributed by atoms with E-state index < -0.39 is 5.60 Å². The lowest BCUT2D eigenvalue weighted by molar-refractivity contribution is -0.120. The third kappa shape index (κ3) is 3.65. The maximum Gasteiger partial charge on any atom is 0.241 e. The van der Waals surface area contributed by atoms with E-state index in [4.69, 9.17) is 10.5 Å². The largest absolute Gasteiger partial charge is 0.494 e. The number of hydrogen-bond donors (Lipinski definition) is 3. The second-order valence-corrected chi connectivity index (χ2v) is 5.84. The van der Waals surface area contributed by atoms with Gasteiger partial charge in [-0.1, -0.05) is 0 Å². The van der Waals surface area contributed by atoms with Gasteiger partial charge in [0.1, 0.15) is 5.75 Å². The molecule has 0 spiro atoms. The minimum Gasteiger partial charge on any atom is -0.494 e. The second-order valence-electron chi connectivity index (χ2n) is 5.84. The summed E-state index contributed by atoms with van der Waals surface area (Å²) >= 11 is 0. The van der Waals surface area contributed by atoms with E-state index in [9.17, 15) is 9.90 Å². The Kier molecular flexibility index (Phi) is 4.39. The van der Waals surface area contributed by atoms with Crippen molar-refractivity contribution in [1.82, 2.24) is 4.90 Å². The molecule has 1 aliphatic rings. The molecule has 0 radical (unpaired) electrons. The Labute approximate surface area is 124 Å². The van der Waals surface area contributed by atoms with Gasteiger partial charge in [-0.15, -0.1) is 0 Å². The number of rotatable bonds is 4. The Bertz CT molecular complexity index is 531. The Balaban J connectivity index is 2.04. The van der Waals surface area contributed by atoms with Crippen LogP contribution in [-0.4, -0.2) is 47.8 Å². The first-order chi connectivity index (χ1) is 9.82. The monoisotopic (exact) mass is 293 g/mol. The average molecular weight is 293 g/mol. The smallest absolute Gasteiger partial charge is 0.241 e. The van der Waals surface area contributed by atoms with Gasteiger partial charge in [-0.3, -0.25) is 9.69 Å². The minimum absolute atomic E-state index is 0.129. The number of nitrogens with zero attached hydrogens (tertiary/aromatic N) is 1. The Morgan fingerprint density at radius 3 is 2.86 bits per heavy atom. The van der Waals surface area contributed by atoms with E-state index in [1.165, 1.54) is 7.11 Å². The molecule has 0 saturated carbocycles. The van der Waals surface area contributed by atoms with Crippen molar-refractivity contribution in [2.45, 2.75) is 31.9 Å². The molecule has 21 heavy (non-hydrogen) atoms. The molecule has 1 aliphatic heterocycles. The van der Waals surface area contributed by atoms with Crippen molar-refractivity contribution >= 4 is 17.3 Å². The van der Waals surface area contributed by atoms with E-state index >= 15 is 0 Å². The fourth-order valence-corrected chi connectivity index (χ4v) is 2.52. The summed E-state index contributed by atoms with van der Waals surface area (Å²) in [6, 6.07) is 4.78. The lowest BCUT2D eigenvalue weighted by atomic mass is 10.1. The maximum atomic E-state index is 12.3. The molecule has 0 aliphatic carbocycles. The molecular formula is C15H23N3O3. The molecule has 0 bridgehead atoms. The zero-order valence-electron chi connectivity index (χ0n) is 12.7. The third-order valence-electron chi connectivity index (χ3n) is 3.89. The number of aliphatic hydroxyl groups is 1. The van der Waals surface area contributed by atoms with Gasteiger partial charge in [0.25, 0.3) is 0 Å². The van der Waals surface area contributed by atoms with Crippen LogP contribution >= 0.6 is 0 Å². The quantitative estimate of drug-likeness (QED) is 0.723. The molecule has 1 amide bonds. The van der Waals surface area contributed by atoms with Gasteiger partial charge in [-0.25, -0.2) is 0 Å². The molecule has 2 unspecified atom stereocenters. The minimum atomic E-state index is -0.715. The number of anilines is 2. The Morgan fingerprint density at radius 2 is 2.29 bits per heavy atom. The summed E-state index contributed by atoms with van der Waals surface area (Å²) in [5.41, 5.74) is 6.15. The van der Waals surface area contributed by atoms with Crippen molar-refractivity contribution in [3.63, 3.8) is 0 Å². The number of amides is 1. The molecule has 1 heterocycles. The number of nitrogen functional groups attached to an aromatic ring is 1. The van der Waals surface area contributed by atoms with E-state index in [0.29, 0.717) is 36.6 Å². The number of likely N-dealkylation sites (tertiary alicyclic amines) is 1. The fraction of sp³-hybridized carbons (Fsp3) is 0.533. The van der Waals surface area contributed by atoms with E-state index in [1.54, 1.807) is 25.1 Å². The predicted octanol–water partition coefficient (Wildman–Crippen LogP) is 1.06. The highest BCUT2D eigenvalue weighted by Gasteiger charge is 2.35. The summed E-state index contributed by atoms with van der Waals surface area (Å²) in [5.74, 6) is 0.403. The summed E-state index contributed by atoms with van der Waals surface area (Å²) in [6.45, 7) is 4.84. The van der Waals surface area contributed by atoms with Crippen LogP contribution in [0.4, 0.5) is 11.4 Å². The lowest BCUT2D eigenvalue weighted by Crippen LogP contribution is -2.42. The van der Waals surface area contributed by atoms with E-state index in [-0.39, 0.29) is 11.9 Å². The van der Waals surface area contributed by atoms with Crippen LogP contribution in [0.2, 0.25) is 0 Å². The van der Waals surface area contributed by atoms with Gasteiger partial charge in [0.15, 0.2) is 0 Å². The van der Waals surface area contributed by atoms with Crippen molar-refractivity contribution in [3.8, 4) is 5.75 Å². The van der Waals surface area contributed by atoms with Crippen LogP contribution < -0.4 is 15.8 Å². The summed E-state index contributed by atoms with van der Waals surface area (Å²) < 4.78 is 5.22. The highest BCUT2D eigenvalue weighted by Crippen LogP contribution is 2.28. The number of carbonyl (C=O) groups excluding carboxylic acids is 1. The number of nitrogens with two attached hydrogens (primary N) is 1. The zero-order valence-corrected chi connectivity index (χ0v) is 12.7. The van der Waals surface area contributed by atoms with Crippen molar-refractivity contribution < 1.29 is 14.6 Å². The van der Waals surface area contributed by atoms with Gasteiger partial charge in [0.05, 0.1) is 24.4 Å². The van der Waals surface area contributed by atoms with Crippen molar-refractivity contribution in [1.29, 1.82) is 0 Å². The maximum absolute atomic E-state index is 12.3. The Hall–Kier alpha value is -1.79. The van der Waals surface area contributed by atoms with Gasteiger partial charge in [0.2, 0.25) is 5.91 Å². The van der Waals surface area contributed by atoms with Crippen LogP contribution in [0.15, 0.2) is 18.2 Å². The highest BCUT2D eigenvalue weighted by molar-refractivity contribution is 5.96. The highest BCUT2D eigenvalue weighted by atomic mass is 16.5. The molecular weight excluding hydrogens is 270 g/mol. The van der Waals surface area contributed by atoms with Crippen LogP contribution in [0.5, 0.6) is 5.75 Å². The molecule has 1 aromatic rings. The number of methoxy groups -OCH3 is 1. The van der Waals surface area contributed by atoms with Crippen molar-refractivity contribution in [2.24, 2.45) is 0 Å². The van der Waals surface area contributed by atoms with Crippen molar-refractivity contribution in [3.05, 3.63) is 18.2 Å². The number of hydrogen-bond acceptors (Lipinski definition) is 5. The van der Waals surface area contributed by atoms with Crippen LogP contribution in [-0.2, 0) is 4.79 Å². The molecule has 116 valence electrons. The van der Waals surface area contributed by atoms with Gasteiger partial charge in [0, 0.05) is 24.8 Å². The van der Waals surface area contributed by atoms with Gasteiger partial charge < -0.3 is 20.9 Å². The Morgan fingerprint density at radius 1 is 1.57 bits per heavy atom. The molecule has 4 N–H and O–H groups in total. The van der Waals surface area contributed by atoms with E-state index in [1.807, 2.05) is 11.8 Å². The number of β-amino-alcohol motifs (C(OH)–C–C–N with tert-alkyl or cyclic N) is 1. The van der Waals surface area contributed by atoms with Gasteiger partial charge in [-0.2, -0.15) is 0 Å². The SMILES string of the molecule is COc1cc(N)ccc1NC(=O)C(C)N1CCC(C)(O)C1. The summed E-state index contributed by atoms with van der Waals surface area (Å²) in [7, 11) is 1.53. The number of benzene rings is 1. The van der Waals surface area contributed by atoms with Crippen LogP contribution in [0.25, 0.3) is 0 Å². The molecule has 1 fully saturated rings. The number of nitrogens with one attached hydrogen (secondary N) is 1. The summed E-state index contributed by atoms with van der Waals surface area (Å²) in [4.78, 5) is 14.3. The second kappa shape index (κ2) is 5.91. The summed E-state index contributed by atoms with van der Waals surface area (Å²) in [5, 5.41) is 12.8. The first-order valence-corrected chi connectivity index (χ1v) is 7.03. The molecule has 2 atom stereocenters. The fourth-order valence-electron chi connectivity index (χ4n) is 2.52. The average Bonchev–Trinajstić information content (AvgIpc) is 2.80. The molecule has 0 aromatic heterocycles. The molecule has 6 heteroatoms. The third-order valence-corrected chi connectivity index (χ3v) is 3.89. The van der Waals surface area contributed by atoms with Crippen LogP contribution in [0, 0.1) is 0 Å². The van der Waals surface area contributed by atoms with Gasteiger partial charge >= 0.3 is 0 Å². The summed E-state index contributed by atoms with van der Waals surface area (Å²) in [6.07, 6.45) is 0.676. The molecule has 1 saturated heterocycles. The zero-order chi connectivity index (χ0) is 15.6. The topological polar surface area (TPSA) is 87.8 Å². The molecule has 6 nitrogen and oxygen atoms in total. The standard InChI is InChI=1S/C15H23N3O3/c1-10(18-7-6-15(2,20)9-18)14(19)17-12-5-4-11(16)8-13(12)21-3/h4-5,8,10,20H,6-7,9,16H2,1-3H3,(H,17,19). The van der Waals surface area contributed by atoms with Crippen LogP contribution in [0.1, 0.15) is 20.3 Å². The lowest BCUT2D eigenvalue weighted by Gasteiger charge is -2.25. The van der Waals surface area contributed by atoms with E-state index in [0.717, 1.165) is 0 Å². The molecule has 1 aromatic carbocycles. The van der Waals surface area contributed by atoms with E-state index in [2.05, 4.69) is 5.32 Å². The van der Waals surface area contributed by atoms with Crippen LogP contribution in [0.3, 0.4) is 0 Å². The predicted molar refractivity (Wildman–Crippen MR) is 82.3 cm³/mol. The van der Waals surface area contributed by atoms with Gasteiger partial charge in [-0.05, 0) is 32.4 Å². The van der Waals surface area contributed by atoms with Crippen molar-refractivity contribution in [2.75, 3.05) is 31.2 Å². The number of carbonyl (C=O) groups is 1. The number of ether oxygens (including phenoxy) is 1.